The minimum atomic E-state index is -1.24. The summed E-state index contributed by atoms with van der Waals surface area (Å²) in [6.45, 7) is 2.43. The molecule has 5 heteroatoms. The van der Waals surface area contributed by atoms with Gasteiger partial charge in [-0.3, -0.25) is 0 Å². The summed E-state index contributed by atoms with van der Waals surface area (Å²) < 4.78 is 5.76. The van der Waals surface area contributed by atoms with E-state index < -0.39 is 11.9 Å². The van der Waals surface area contributed by atoms with Crippen molar-refractivity contribution < 1.29 is 24.5 Å². The fourth-order valence-corrected chi connectivity index (χ4v) is 4.36. The van der Waals surface area contributed by atoms with E-state index in [2.05, 4.69) is 42.5 Å². The van der Waals surface area contributed by atoms with Crippen LogP contribution in [-0.4, -0.2) is 28.8 Å². The summed E-state index contributed by atoms with van der Waals surface area (Å²) >= 11 is 0. The minimum Gasteiger partial charge on any atom is -0.501 e. The second-order valence-corrected chi connectivity index (χ2v) is 7.89. The van der Waals surface area contributed by atoms with Gasteiger partial charge in [-0.15, -0.1) is 0 Å². The Morgan fingerprint density at radius 2 is 1.62 bits per heavy atom. The van der Waals surface area contributed by atoms with Crippen LogP contribution in [-0.2, 0) is 17.6 Å². The van der Waals surface area contributed by atoms with Gasteiger partial charge in [-0.1, -0.05) is 54.6 Å². The molecular weight excluding hydrogens is 404 g/mol. The molecule has 1 aliphatic carbocycles. The third-order valence-corrected chi connectivity index (χ3v) is 5.84. The average Bonchev–Trinajstić information content (AvgIpc) is 3.17. The number of benzene rings is 3. The number of carbonyl (C=O) groups is 2. The van der Waals surface area contributed by atoms with Gasteiger partial charge in [0.05, 0.1) is 24.0 Å². The molecule has 0 aromatic heterocycles. The van der Waals surface area contributed by atoms with E-state index >= 15 is 0 Å². The van der Waals surface area contributed by atoms with Crippen molar-refractivity contribution in [2.75, 3.05) is 6.61 Å². The van der Waals surface area contributed by atoms with Gasteiger partial charge in [0.25, 0.3) is 0 Å². The zero-order chi connectivity index (χ0) is 22.7. The standard InChI is InChI=1S/C27H24O5/c1-17(20-11-5-12-22-21-10-3-2-7-19(21)15-24(20)22)16-32-14-6-9-18-8-4-13-23(26(28)29)25(18)27(30)31/h2-5,7-8,10-13,16H,6,9,14-15H2,1H3,(H,28,29)(H,30,31). The van der Waals surface area contributed by atoms with Crippen molar-refractivity contribution in [2.45, 2.75) is 26.2 Å². The highest BCUT2D eigenvalue weighted by atomic mass is 16.5. The third kappa shape index (κ3) is 4.14. The molecule has 0 heterocycles. The lowest BCUT2D eigenvalue weighted by Crippen LogP contribution is -2.11. The van der Waals surface area contributed by atoms with E-state index in [1.807, 2.05) is 6.92 Å². The number of aromatic carboxylic acids is 2. The molecule has 0 unspecified atom stereocenters. The largest absolute Gasteiger partial charge is 0.501 e. The third-order valence-electron chi connectivity index (χ3n) is 5.84. The van der Waals surface area contributed by atoms with Crippen LogP contribution in [0.3, 0.4) is 0 Å². The van der Waals surface area contributed by atoms with Crippen LogP contribution < -0.4 is 0 Å². The summed E-state index contributed by atoms with van der Waals surface area (Å²) in [6, 6.07) is 19.3. The average molecular weight is 428 g/mol. The number of carboxylic acids is 2. The first kappa shape index (κ1) is 21.4. The smallest absolute Gasteiger partial charge is 0.336 e. The second kappa shape index (κ2) is 9.10. The number of rotatable bonds is 8. The molecule has 162 valence electrons. The lowest BCUT2D eigenvalue weighted by atomic mass is 9.97. The first-order valence-corrected chi connectivity index (χ1v) is 10.5. The highest BCUT2D eigenvalue weighted by Crippen LogP contribution is 2.39. The molecule has 0 saturated heterocycles. The van der Waals surface area contributed by atoms with E-state index in [9.17, 15) is 19.8 Å². The normalized spacial score (nSPS) is 12.2. The summed E-state index contributed by atoms with van der Waals surface area (Å²) in [5.41, 5.74) is 7.57. The summed E-state index contributed by atoms with van der Waals surface area (Å²) in [4.78, 5) is 22.9. The Bertz CT molecular complexity index is 1220. The minimum absolute atomic E-state index is 0.147. The Morgan fingerprint density at radius 1 is 0.906 bits per heavy atom. The van der Waals surface area contributed by atoms with Crippen LogP contribution in [0.1, 0.15) is 56.3 Å². The van der Waals surface area contributed by atoms with Crippen molar-refractivity contribution in [3.8, 4) is 11.1 Å². The van der Waals surface area contributed by atoms with Crippen LogP contribution in [0.5, 0.6) is 0 Å². The lowest BCUT2D eigenvalue weighted by Gasteiger charge is -2.11. The highest BCUT2D eigenvalue weighted by Gasteiger charge is 2.21. The molecule has 0 atom stereocenters. The van der Waals surface area contributed by atoms with Crippen LogP contribution in [0.15, 0.2) is 66.9 Å². The van der Waals surface area contributed by atoms with Crippen molar-refractivity contribution in [1.82, 2.24) is 0 Å². The Morgan fingerprint density at radius 3 is 2.41 bits per heavy atom. The van der Waals surface area contributed by atoms with Crippen LogP contribution in [0, 0.1) is 0 Å². The maximum Gasteiger partial charge on any atom is 0.336 e. The quantitative estimate of drug-likeness (QED) is 0.279. The second-order valence-electron chi connectivity index (χ2n) is 7.89. The first-order chi connectivity index (χ1) is 15.5. The van der Waals surface area contributed by atoms with Gasteiger partial charge < -0.3 is 14.9 Å². The Hall–Kier alpha value is -3.86. The number of fused-ring (bicyclic) bond motifs is 3. The SMILES string of the molecule is CC(=COCCCc1cccc(C(=O)O)c1C(=O)O)c1cccc2c1Cc1ccccc1-2. The lowest BCUT2D eigenvalue weighted by molar-refractivity contribution is 0.0650. The molecular formula is C27H24O5. The topological polar surface area (TPSA) is 83.8 Å². The Kier molecular flexibility index (Phi) is 6.08. The monoisotopic (exact) mass is 428 g/mol. The number of ether oxygens (including phenoxy) is 1. The predicted molar refractivity (Wildman–Crippen MR) is 123 cm³/mol. The van der Waals surface area contributed by atoms with E-state index in [4.69, 9.17) is 4.74 Å². The fourth-order valence-electron chi connectivity index (χ4n) is 4.36. The Labute approximate surface area is 186 Å². The van der Waals surface area contributed by atoms with E-state index in [0.717, 1.165) is 12.0 Å². The molecule has 2 N–H and O–H groups in total. The number of hydrogen-bond donors (Lipinski definition) is 2. The van der Waals surface area contributed by atoms with Crippen molar-refractivity contribution in [1.29, 1.82) is 0 Å². The molecule has 0 radical (unpaired) electrons. The molecule has 0 amide bonds. The van der Waals surface area contributed by atoms with Gasteiger partial charge in [0.2, 0.25) is 0 Å². The van der Waals surface area contributed by atoms with Gasteiger partial charge in [-0.2, -0.15) is 0 Å². The van der Waals surface area contributed by atoms with Crippen molar-refractivity contribution in [3.63, 3.8) is 0 Å². The van der Waals surface area contributed by atoms with Crippen molar-refractivity contribution in [3.05, 3.63) is 100 Å². The van der Waals surface area contributed by atoms with Gasteiger partial charge in [0, 0.05) is 0 Å². The molecule has 1 aliphatic rings. The molecule has 0 fully saturated rings. The fraction of sp³-hybridized carbons (Fsp3) is 0.185. The molecule has 3 aromatic carbocycles. The van der Waals surface area contributed by atoms with Crippen LogP contribution >= 0.6 is 0 Å². The first-order valence-electron chi connectivity index (χ1n) is 10.5. The predicted octanol–water partition coefficient (Wildman–Crippen LogP) is 5.66. The van der Waals surface area contributed by atoms with Crippen LogP contribution in [0.4, 0.5) is 0 Å². The zero-order valence-electron chi connectivity index (χ0n) is 17.8. The molecule has 4 rings (SSSR count). The molecule has 32 heavy (non-hydrogen) atoms. The van der Waals surface area contributed by atoms with Gasteiger partial charge >= 0.3 is 11.9 Å². The van der Waals surface area contributed by atoms with Crippen molar-refractivity contribution in [2.24, 2.45) is 0 Å². The molecule has 0 aliphatic heterocycles. The zero-order valence-corrected chi connectivity index (χ0v) is 17.8. The number of aryl methyl sites for hydroxylation is 1. The van der Waals surface area contributed by atoms with Gasteiger partial charge in [-0.25, -0.2) is 9.59 Å². The van der Waals surface area contributed by atoms with Gasteiger partial charge in [-0.05, 0) is 71.2 Å². The highest BCUT2D eigenvalue weighted by molar-refractivity contribution is 6.02. The molecule has 0 bridgehead atoms. The van der Waals surface area contributed by atoms with Crippen LogP contribution in [0.2, 0.25) is 0 Å². The number of hydrogen-bond acceptors (Lipinski definition) is 3. The van der Waals surface area contributed by atoms with E-state index in [1.54, 1.807) is 18.4 Å². The number of carboxylic acid groups (broad SMARTS) is 2. The summed E-state index contributed by atoms with van der Waals surface area (Å²) in [5.74, 6) is -2.47. The van der Waals surface area contributed by atoms with E-state index in [1.165, 1.54) is 33.9 Å². The maximum absolute atomic E-state index is 11.6. The van der Waals surface area contributed by atoms with E-state index in [0.29, 0.717) is 25.0 Å². The van der Waals surface area contributed by atoms with Crippen molar-refractivity contribution >= 4 is 17.5 Å². The number of allylic oxidation sites excluding steroid dienone is 1. The van der Waals surface area contributed by atoms with E-state index in [-0.39, 0.29) is 11.1 Å². The maximum atomic E-state index is 11.6. The molecule has 0 spiro atoms. The van der Waals surface area contributed by atoms with Gasteiger partial charge in [0.15, 0.2) is 0 Å². The summed E-state index contributed by atoms with van der Waals surface area (Å²) in [7, 11) is 0. The summed E-state index contributed by atoms with van der Waals surface area (Å²) in [6.07, 6.45) is 3.66. The summed E-state index contributed by atoms with van der Waals surface area (Å²) in [5, 5.41) is 18.7. The Balaban J connectivity index is 1.41. The van der Waals surface area contributed by atoms with Gasteiger partial charge in [0.1, 0.15) is 0 Å². The molecule has 5 nitrogen and oxygen atoms in total. The molecule has 3 aromatic rings. The van der Waals surface area contributed by atoms with Crippen LogP contribution in [0.25, 0.3) is 16.7 Å². The molecule has 0 saturated carbocycles.